The molecule has 130 valence electrons. The van der Waals surface area contributed by atoms with E-state index in [4.69, 9.17) is 4.42 Å². The molecule has 0 aromatic carbocycles. The first-order valence-corrected chi connectivity index (χ1v) is 9.48. The molecule has 0 bridgehead atoms. The lowest BCUT2D eigenvalue weighted by Gasteiger charge is -2.29. The first-order chi connectivity index (χ1) is 11.6. The van der Waals surface area contributed by atoms with Crippen molar-refractivity contribution in [2.75, 3.05) is 19.6 Å². The summed E-state index contributed by atoms with van der Waals surface area (Å²) < 4.78 is 5.72. The van der Waals surface area contributed by atoms with Gasteiger partial charge in [0.1, 0.15) is 5.76 Å². The Balaban J connectivity index is 1.46. The zero-order chi connectivity index (χ0) is 16.9. The van der Waals surface area contributed by atoms with Gasteiger partial charge in [-0.1, -0.05) is 6.92 Å². The van der Waals surface area contributed by atoms with Crippen LogP contribution in [-0.4, -0.2) is 35.4 Å². The van der Waals surface area contributed by atoms with Crippen LogP contribution in [0.1, 0.15) is 46.7 Å². The molecule has 2 aromatic heterocycles. The van der Waals surface area contributed by atoms with Gasteiger partial charge in [0.2, 0.25) is 0 Å². The minimum atomic E-state index is -0.143. The van der Waals surface area contributed by atoms with Crippen molar-refractivity contribution in [3.63, 3.8) is 0 Å². The predicted octanol–water partition coefficient (Wildman–Crippen LogP) is 3.25. The Bertz CT molecular complexity index is 671. The second-order valence-electron chi connectivity index (χ2n) is 6.59. The number of furan rings is 1. The van der Waals surface area contributed by atoms with Crippen molar-refractivity contribution >= 4 is 17.2 Å². The van der Waals surface area contributed by atoms with Gasteiger partial charge in [-0.05, 0) is 50.9 Å². The Morgan fingerprint density at radius 1 is 1.42 bits per heavy atom. The van der Waals surface area contributed by atoms with Gasteiger partial charge in [0.25, 0.3) is 5.91 Å². The van der Waals surface area contributed by atoms with Crippen molar-refractivity contribution in [3.05, 3.63) is 39.7 Å². The molecule has 0 aliphatic carbocycles. The van der Waals surface area contributed by atoms with Crippen LogP contribution < -0.4 is 5.32 Å². The molecule has 0 spiro atoms. The van der Waals surface area contributed by atoms with Crippen LogP contribution in [0.4, 0.5) is 0 Å². The molecule has 1 amide bonds. The average Bonchev–Trinajstić information content (AvgIpc) is 3.19. The lowest BCUT2D eigenvalue weighted by Crippen LogP contribution is -2.32. The number of nitrogens with zero attached hydrogens (tertiary/aromatic N) is 2. The molecule has 0 atom stereocenters. The molecule has 3 rings (SSSR count). The molecule has 6 heteroatoms. The minimum absolute atomic E-state index is 0.143. The largest absolute Gasteiger partial charge is 0.455 e. The summed E-state index contributed by atoms with van der Waals surface area (Å²) >= 11 is 1.63. The van der Waals surface area contributed by atoms with Gasteiger partial charge in [0.15, 0.2) is 5.76 Å². The first kappa shape index (κ1) is 17.2. The van der Waals surface area contributed by atoms with E-state index >= 15 is 0 Å². The number of thiazole rings is 1. The van der Waals surface area contributed by atoms with Crippen molar-refractivity contribution in [1.82, 2.24) is 15.2 Å². The zero-order valence-corrected chi connectivity index (χ0v) is 15.2. The van der Waals surface area contributed by atoms with Gasteiger partial charge in [-0.25, -0.2) is 4.98 Å². The summed E-state index contributed by atoms with van der Waals surface area (Å²) in [7, 11) is 0. The maximum Gasteiger partial charge on any atom is 0.287 e. The third-order valence-electron chi connectivity index (χ3n) is 4.62. The Kier molecular flexibility index (Phi) is 5.68. The second-order valence-corrected chi connectivity index (χ2v) is 7.53. The molecular formula is C18H25N3O2S. The first-order valence-electron chi connectivity index (χ1n) is 8.60. The van der Waals surface area contributed by atoms with Crippen molar-refractivity contribution < 1.29 is 9.21 Å². The molecule has 1 N–H and O–H groups in total. The van der Waals surface area contributed by atoms with Crippen molar-refractivity contribution in [2.45, 2.75) is 39.7 Å². The lowest BCUT2D eigenvalue weighted by atomic mass is 9.99. The van der Waals surface area contributed by atoms with E-state index in [-0.39, 0.29) is 5.91 Å². The van der Waals surface area contributed by atoms with Gasteiger partial charge >= 0.3 is 0 Å². The van der Waals surface area contributed by atoms with Crippen molar-refractivity contribution in [2.24, 2.45) is 5.92 Å². The van der Waals surface area contributed by atoms with Crippen molar-refractivity contribution in [3.8, 4) is 0 Å². The SMILES string of the molecule is Cc1ncsc1CCNC(=O)c1ccc(CN2CCC(C)CC2)o1. The summed E-state index contributed by atoms with van der Waals surface area (Å²) in [6.45, 7) is 7.91. The molecule has 1 aliphatic rings. The molecule has 0 saturated carbocycles. The number of aryl methyl sites for hydroxylation is 1. The highest BCUT2D eigenvalue weighted by molar-refractivity contribution is 7.09. The average molecular weight is 347 g/mol. The molecule has 1 saturated heterocycles. The van der Waals surface area contributed by atoms with E-state index in [9.17, 15) is 4.79 Å². The molecule has 0 radical (unpaired) electrons. The number of hydrogen-bond donors (Lipinski definition) is 1. The fourth-order valence-electron chi connectivity index (χ4n) is 2.97. The fourth-order valence-corrected chi connectivity index (χ4v) is 3.75. The quantitative estimate of drug-likeness (QED) is 0.871. The van der Waals surface area contributed by atoms with Gasteiger partial charge in [0, 0.05) is 17.8 Å². The highest BCUT2D eigenvalue weighted by Gasteiger charge is 2.18. The number of hydrogen-bond acceptors (Lipinski definition) is 5. The van der Waals surface area contributed by atoms with E-state index in [0.29, 0.717) is 12.3 Å². The number of likely N-dealkylation sites (tertiary alicyclic amines) is 1. The zero-order valence-electron chi connectivity index (χ0n) is 14.4. The maximum atomic E-state index is 12.2. The van der Waals surface area contributed by atoms with Crippen LogP contribution in [0.2, 0.25) is 0 Å². The molecule has 24 heavy (non-hydrogen) atoms. The number of aromatic nitrogens is 1. The molecule has 5 nitrogen and oxygen atoms in total. The fraction of sp³-hybridized carbons (Fsp3) is 0.556. The normalized spacial score (nSPS) is 16.4. The molecule has 2 aromatic rings. The van der Waals surface area contributed by atoms with Gasteiger partial charge in [-0.15, -0.1) is 11.3 Å². The van der Waals surface area contributed by atoms with E-state index in [1.165, 1.54) is 17.7 Å². The van der Waals surface area contributed by atoms with Gasteiger partial charge in [-0.3, -0.25) is 9.69 Å². The number of carbonyl (C=O) groups is 1. The van der Waals surface area contributed by atoms with Crippen LogP contribution >= 0.6 is 11.3 Å². The highest BCUT2D eigenvalue weighted by Crippen LogP contribution is 2.19. The summed E-state index contributed by atoms with van der Waals surface area (Å²) in [6, 6.07) is 3.69. The third-order valence-corrected chi connectivity index (χ3v) is 5.62. The Morgan fingerprint density at radius 2 is 2.21 bits per heavy atom. The molecular weight excluding hydrogens is 322 g/mol. The van der Waals surface area contributed by atoms with Crippen LogP contribution in [0, 0.1) is 12.8 Å². The van der Waals surface area contributed by atoms with Gasteiger partial charge < -0.3 is 9.73 Å². The summed E-state index contributed by atoms with van der Waals surface area (Å²) in [4.78, 5) is 20.0. The van der Waals surface area contributed by atoms with Crippen LogP contribution in [0.5, 0.6) is 0 Å². The Morgan fingerprint density at radius 3 is 2.92 bits per heavy atom. The summed E-state index contributed by atoms with van der Waals surface area (Å²) in [5.41, 5.74) is 2.89. The minimum Gasteiger partial charge on any atom is -0.455 e. The smallest absolute Gasteiger partial charge is 0.287 e. The Labute approximate surface area is 147 Å². The third kappa shape index (κ3) is 4.45. The Hall–Kier alpha value is -1.66. The molecule has 0 unspecified atom stereocenters. The van der Waals surface area contributed by atoms with E-state index in [1.54, 1.807) is 17.4 Å². The summed E-state index contributed by atoms with van der Waals surface area (Å²) in [5, 5.41) is 2.92. The van der Waals surface area contributed by atoms with E-state index in [1.807, 2.05) is 18.5 Å². The van der Waals surface area contributed by atoms with Crippen LogP contribution in [0.15, 0.2) is 22.1 Å². The van der Waals surface area contributed by atoms with E-state index in [2.05, 4.69) is 22.1 Å². The maximum absolute atomic E-state index is 12.2. The predicted molar refractivity (Wildman–Crippen MR) is 95.3 cm³/mol. The summed E-state index contributed by atoms with van der Waals surface area (Å²) in [6.07, 6.45) is 3.29. The number of rotatable bonds is 6. The van der Waals surface area contributed by atoms with Crippen LogP contribution in [0.3, 0.4) is 0 Å². The molecule has 1 aliphatic heterocycles. The molecule has 3 heterocycles. The van der Waals surface area contributed by atoms with Gasteiger partial charge in [0.05, 0.1) is 17.7 Å². The van der Waals surface area contributed by atoms with Crippen molar-refractivity contribution in [1.29, 1.82) is 0 Å². The van der Waals surface area contributed by atoms with Crippen LogP contribution in [-0.2, 0) is 13.0 Å². The van der Waals surface area contributed by atoms with Gasteiger partial charge in [-0.2, -0.15) is 0 Å². The summed E-state index contributed by atoms with van der Waals surface area (Å²) in [5.74, 6) is 1.95. The van der Waals surface area contributed by atoms with E-state index < -0.39 is 0 Å². The highest BCUT2D eigenvalue weighted by atomic mass is 32.1. The number of piperidine rings is 1. The van der Waals surface area contributed by atoms with Crippen LogP contribution in [0.25, 0.3) is 0 Å². The standard InChI is InChI=1S/C18H25N3O2S/c1-13-6-9-21(10-7-13)11-15-3-4-16(23-15)18(22)19-8-5-17-14(2)20-12-24-17/h3-4,12-13H,5-11H2,1-2H3,(H,19,22). The molecule has 1 fully saturated rings. The number of amides is 1. The lowest BCUT2D eigenvalue weighted by molar-refractivity contribution is 0.0921. The number of nitrogens with one attached hydrogen (secondary N) is 1. The van der Waals surface area contributed by atoms with E-state index in [0.717, 1.165) is 43.4 Å². The second kappa shape index (κ2) is 7.94. The monoisotopic (exact) mass is 347 g/mol. The topological polar surface area (TPSA) is 58.4 Å². The number of carbonyl (C=O) groups excluding carboxylic acids is 1.